The molecule has 0 saturated carbocycles. The molecule has 1 unspecified atom stereocenters. The van der Waals surface area contributed by atoms with E-state index in [2.05, 4.69) is 4.98 Å². The van der Waals surface area contributed by atoms with Crippen LogP contribution in [0.3, 0.4) is 0 Å². The molecule has 0 aromatic carbocycles. The Balaban J connectivity index is 2.34. The van der Waals surface area contributed by atoms with Gasteiger partial charge in [-0.05, 0) is 31.2 Å². The topological polar surface area (TPSA) is 41.3 Å². The third kappa shape index (κ3) is 1.92. The van der Waals surface area contributed by atoms with Gasteiger partial charge >= 0.3 is 0 Å². The highest BCUT2D eigenvalue weighted by Crippen LogP contribution is 2.18. The van der Waals surface area contributed by atoms with Gasteiger partial charge in [0, 0.05) is 25.6 Å². The van der Waals surface area contributed by atoms with Gasteiger partial charge in [0.2, 0.25) is 0 Å². The molecule has 0 saturated heterocycles. The van der Waals surface area contributed by atoms with Crippen molar-refractivity contribution in [2.45, 2.75) is 13.0 Å². The average molecular weight is 217 g/mol. The predicted octanol–water partition coefficient (Wildman–Crippen LogP) is 1.84. The molecule has 1 atom stereocenters. The number of aliphatic hydroxyl groups is 1. The van der Waals surface area contributed by atoms with Gasteiger partial charge in [-0.3, -0.25) is 14.7 Å². The van der Waals surface area contributed by atoms with Gasteiger partial charge in [-0.1, -0.05) is 0 Å². The molecule has 0 aliphatic rings. The number of pyridine rings is 1. The molecule has 2 heterocycles. The van der Waals surface area contributed by atoms with Gasteiger partial charge < -0.3 is 5.11 Å². The summed E-state index contributed by atoms with van der Waals surface area (Å²) in [5, 5.41) is 11.6. The molecule has 1 N–H and O–H groups in total. The van der Waals surface area contributed by atoms with Gasteiger partial charge in [-0.25, -0.2) is 0 Å². The van der Waals surface area contributed by atoms with E-state index in [0.29, 0.717) is 0 Å². The highest BCUT2D eigenvalue weighted by molar-refractivity contribution is 5.43. The quantitative estimate of drug-likeness (QED) is 0.852. The summed E-state index contributed by atoms with van der Waals surface area (Å²) in [4.78, 5) is 3.98. The molecule has 0 amide bonds. The largest absolute Gasteiger partial charge is 0.387 e. The zero-order valence-corrected chi connectivity index (χ0v) is 9.41. The van der Waals surface area contributed by atoms with E-state index in [1.807, 2.05) is 47.2 Å². The smallest absolute Gasteiger partial charge is 0.0931 e. The summed E-state index contributed by atoms with van der Waals surface area (Å²) in [5.41, 5.74) is 1.88. The second-order valence-corrected chi connectivity index (χ2v) is 3.68. The van der Waals surface area contributed by atoms with Crippen molar-refractivity contribution in [3.8, 4) is 0 Å². The molecule has 0 spiro atoms. The average Bonchev–Trinajstić information content (AvgIpc) is 2.78. The van der Waals surface area contributed by atoms with Crippen LogP contribution in [0.2, 0.25) is 0 Å². The van der Waals surface area contributed by atoms with Crippen LogP contribution in [0.1, 0.15) is 18.7 Å². The lowest BCUT2D eigenvalue weighted by Gasteiger charge is -2.24. The number of aliphatic hydroxyl groups excluding tert-OH is 1. The number of rotatable bonds is 3. The fourth-order valence-corrected chi connectivity index (χ4v) is 1.67. The first-order valence-electron chi connectivity index (χ1n) is 5.19. The number of nitrogens with zero attached hydrogens (tertiary/aromatic N) is 3. The Morgan fingerprint density at radius 3 is 2.62 bits per heavy atom. The highest BCUT2D eigenvalue weighted by atomic mass is 16.3. The second kappa shape index (κ2) is 4.37. The van der Waals surface area contributed by atoms with E-state index in [-0.39, 0.29) is 0 Å². The summed E-state index contributed by atoms with van der Waals surface area (Å²) in [6, 6.07) is 7.67. The van der Waals surface area contributed by atoms with Crippen LogP contribution >= 0.6 is 0 Å². The van der Waals surface area contributed by atoms with E-state index in [4.69, 9.17) is 0 Å². The van der Waals surface area contributed by atoms with Crippen molar-refractivity contribution in [2.75, 3.05) is 12.1 Å². The number of hydrogen-bond donors (Lipinski definition) is 1. The van der Waals surface area contributed by atoms with E-state index < -0.39 is 6.10 Å². The Bertz CT molecular complexity index is 450. The molecule has 2 aromatic rings. The Labute approximate surface area is 94.7 Å². The Morgan fingerprint density at radius 2 is 2.00 bits per heavy atom. The molecule has 0 aliphatic heterocycles. The molecule has 16 heavy (non-hydrogen) atoms. The molecule has 2 rings (SSSR count). The molecule has 0 bridgehead atoms. The van der Waals surface area contributed by atoms with Gasteiger partial charge in [0.15, 0.2) is 0 Å². The lowest BCUT2D eigenvalue weighted by molar-refractivity contribution is 0.190. The molecule has 0 fully saturated rings. The van der Waals surface area contributed by atoms with Crippen molar-refractivity contribution in [1.82, 2.24) is 9.66 Å². The standard InChI is InChI=1S/C12H15N3O/c1-10(16)12-4-3-9-15(12)14(2)11-5-7-13-8-6-11/h3-10,16H,1-2H3. The molecule has 2 aromatic heterocycles. The number of hydrogen-bond acceptors (Lipinski definition) is 3. The van der Waals surface area contributed by atoms with Gasteiger partial charge in [0.05, 0.1) is 17.5 Å². The second-order valence-electron chi connectivity index (χ2n) is 3.68. The van der Waals surface area contributed by atoms with Gasteiger partial charge in [-0.2, -0.15) is 0 Å². The summed E-state index contributed by atoms with van der Waals surface area (Å²) in [6.07, 6.45) is 4.93. The lowest BCUT2D eigenvalue weighted by Crippen LogP contribution is -2.26. The van der Waals surface area contributed by atoms with Crippen molar-refractivity contribution in [1.29, 1.82) is 0 Å². The van der Waals surface area contributed by atoms with E-state index in [0.717, 1.165) is 11.4 Å². The third-order valence-corrected chi connectivity index (χ3v) is 2.55. The normalized spacial score (nSPS) is 12.4. The zero-order valence-electron chi connectivity index (χ0n) is 9.41. The minimum atomic E-state index is -0.487. The summed E-state index contributed by atoms with van der Waals surface area (Å²) >= 11 is 0. The highest BCUT2D eigenvalue weighted by Gasteiger charge is 2.10. The molecule has 0 aliphatic carbocycles. The van der Waals surface area contributed by atoms with Crippen molar-refractivity contribution >= 4 is 5.69 Å². The first kappa shape index (κ1) is 10.7. The summed E-state index contributed by atoms with van der Waals surface area (Å²) in [6.45, 7) is 1.76. The fraction of sp³-hybridized carbons (Fsp3) is 0.250. The van der Waals surface area contributed by atoms with Gasteiger partial charge in [-0.15, -0.1) is 0 Å². The minimum absolute atomic E-state index is 0.487. The molecular formula is C12H15N3O. The van der Waals surface area contributed by atoms with Crippen LogP contribution in [0.15, 0.2) is 42.9 Å². The van der Waals surface area contributed by atoms with Crippen LogP contribution in [0.5, 0.6) is 0 Å². The van der Waals surface area contributed by atoms with Crippen molar-refractivity contribution in [3.63, 3.8) is 0 Å². The monoisotopic (exact) mass is 217 g/mol. The maximum Gasteiger partial charge on any atom is 0.0931 e. The van der Waals surface area contributed by atoms with Gasteiger partial charge in [0.25, 0.3) is 0 Å². The first-order chi connectivity index (χ1) is 7.70. The van der Waals surface area contributed by atoms with E-state index in [9.17, 15) is 5.11 Å². The van der Waals surface area contributed by atoms with Crippen LogP contribution in [0, 0.1) is 0 Å². The van der Waals surface area contributed by atoms with Crippen LogP contribution in [-0.4, -0.2) is 21.8 Å². The third-order valence-electron chi connectivity index (χ3n) is 2.55. The number of aromatic nitrogens is 2. The lowest BCUT2D eigenvalue weighted by atomic mass is 10.3. The zero-order chi connectivity index (χ0) is 11.5. The van der Waals surface area contributed by atoms with Gasteiger partial charge in [0.1, 0.15) is 0 Å². The van der Waals surface area contributed by atoms with Crippen LogP contribution in [-0.2, 0) is 0 Å². The van der Waals surface area contributed by atoms with Crippen LogP contribution < -0.4 is 5.01 Å². The predicted molar refractivity (Wildman–Crippen MR) is 63.1 cm³/mol. The maximum atomic E-state index is 9.63. The molecule has 84 valence electrons. The Kier molecular flexibility index (Phi) is 2.92. The van der Waals surface area contributed by atoms with E-state index in [1.54, 1.807) is 19.3 Å². The summed E-state index contributed by atoms with van der Waals surface area (Å²) in [7, 11) is 1.95. The van der Waals surface area contributed by atoms with Crippen LogP contribution in [0.4, 0.5) is 5.69 Å². The Morgan fingerprint density at radius 1 is 1.31 bits per heavy atom. The van der Waals surface area contributed by atoms with E-state index in [1.165, 1.54) is 0 Å². The molecule has 4 heteroatoms. The molecule has 0 radical (unpaired) electrons. The van der Waals surface area contributed by atoms with Crippen LogP contribution in [0.25, 0.3) is 0 Å². The SMILES string of the molecule is CC(O)c1cccn1N(C)c1ccncc1. The maximum absolute atomic E-state index is 9.63. The first-order valence-corrected chi connectivity index (χ1v) is 5.19. The fourth-order valence-electron chi connectivity index (χ4n) is 1.67. The Hall–Kier alpha value is -1.81. The van der Waals surface area contributed by atoms with Crippen molar-refractivity contribution in [3.05, 3.63) is 48.5 Å². The van der Waals surface area contributed by atoms with Crippen molar-refractivity contribution in [2.24, 2.45) is 0 Å². The molecule has 4 nitrogen and oxygen atoms in total. The summed E-state index contributed by atoms with van der Waals surface area (Å²) in [5.74, 6) is 0. The van der Waals surface area contributed by atoms with Crippen molar-refractivity contribution < 1.29 is 5.11 Å². The molecular weight excluding hydrogens is 202 g/mol. The minimum Gasteiger partial charge on any atom is -0.387 e. The van der Waals surface area contributed by atoms with E-state index >= 15 is 0 Å². The number of anilines is 1. The summed E-state index contributed by atoms with van der Waals surface area (Å²) < 4.78 is 1.92.